The van der Waals surface area contributed by atoms with Gasteiger partial charge >= 0.3 is 0 Å². The second-order valence-corrected chi connectivity index (χ2v) is 7.69. The van der Waals surface area contributed by atoms with Crippen LogP contribution in [0.5, 0.6) is 5.75 Å². The summed E-state index contributed by atoms with van der Waals surface area (Å²) in [4.78, 5) is 19.1. The van der Waals surface area contributed by atoms with Gasteiger partial charge in [-0.25, -0.2) is 4.98 Å². The Hall–Kier alpha value is -2.67. The molecule has 7 heteroatoms. The first kappa shape index (κ1) is 17.7. The fraction of sp³-hybridized carbons (Fsp3) is 0.350. The van der Waals surface area contributed by atoms with Gasteiger partial charge in [-0.3, -0.25) is 4.79 Å². The van der Waals surface area contributed by atoms with Crippen molar-refractivity contribution < 1.29 is 14.1 Å². The first-order valence-corrected chi connectivity index (χ1v) is 9.86. The molecule has 3 aromatic rings. The Balaban J connectivity index is 1.44. The number of thiazole rings is 1. The maximum Gasteiger partial charge on any atom is 0.276 e. The van der Waals surface area contributed by atoms with Gasteiger partial charge in [0.05, 0.1) is 6.04 Å². The zero-order valence-corrected chi connectivity index (χ0v) is 16.2. The Morgan fingerprint density at radius 2 is 2.26 bits per heavy atom. The van der Waals surface area contributed by atoms with E-state index in [0.717, 1.165) is 34.7 Å². The smallest absolute Gasteiger partial charge is 0.276 e. The fourth-order valence-electron chi connectivity index (χ4n) is 3.31. The largest absolute Gasteiger partial charge is 0.485 e. The molecule has 6 nitrogen and oxygen atoms in total. The number of carbonyl (C=O) groups excluding carboxylic acids is 1. The molecule has 0 unspecified atom stereocenters. The van der Waals surface area contributed by atoms with Crippen LogP contribution >= 0.6 is 11.3 Å². The summed E-state index contributed by atoms with van der Waals surface area (Å²) in [6.07, 6.45) is 3.68. The van der Waals surface area contributed by atoms with Crippen molar-refractivity contribution in [1.82, 2.24) is 15.0 Å². The van der Waals surface area contributed by atoms with Gasteiger partial charge in [0.2, 0.25) is 0 Å². The van der Waals surface area contributed by atoms with E-state index in [9.17, 15) is 4.79 Å². The first-order chi connectivity index (χ1) is 13.1. The van der Waals surface area contributed by atoms with Gasteiger partial charge in [0.15, 0.2) is 11.5 Å². The molecule has 0 saturated carbocycles. The van der Waals surface area contributed by atoms with Crippen LogP contribution in [0, 0.1) is 13.8 Å². The molecule has 140 valence electrons. The number of hydrogen-bond acceptors (Lipinski definition) is 6. The van der Waals surface area contributed by atoms with Crippen LogP contribution in [0.2, 0.25) is 0 Å². The fourth-order valence-corrected chi connectivity index (χ4v) is 4.09. The Bertz CT molecular complexity index is 936. The summed E-state index contributed by atoms with van der Waals surface area (Å²) in [5, 5.41) is 6.88. The van der Waals surface area contributed by atoms with Gasteiger partial charge in [-0.2, -0.15) is 0 Å². The van der Waals surface area contributed by atoms with Gasteiger partial charge in [0, 0.05) is 24.2 Å². The molecule has 2 aromatic heterocycles. The van der Waals surface area contributed by atoms with Crippen molar-refractivity contribution in [1.29, 1.82) is 0 Å². The lowest BCUT2D eigenvalue weighted by Gasteiger charge is -2.21. The predicted molar refractivity (Wildman–Crippen MR) is 102 cm³/mol. The highest BCUT2D eigenvalue weighted by Crippen LogP contribution is 2.34. The van der Waals surface area contributed by atoms with Crippen LogP contribution in [0.4, 0.5) is 0 Å². The minimum absolute atomic E-state index is 0.0313. The molecule has 0 spiro atoms. The van der Waals surface area contributed by atoms with Crippen LogP contribution in [0.1, 0.15) is 51.3 Å². The van der Waals surface area contributed by atoms with E-state index in [2.05, 4.69) is 10.1 Å². The maximum atomic E-state index is 12.9. The number of rotatable bonds is 5. The van der Waals surface area contributed by atoms with E-state index in [1.54, 1.807) is 23.6 Å². The summed E-state index contributed by atoms with van der Waals surface area (Å²) < 4.78 is 11.2. The standard InChI is InChI=1S/C20H21N3O3S/c1-13-5-6-14(2)18(10-13)25-12-15-11-16(22-26-15)20(24)23-8-3-4-17(23)19-21-7-9-27-19/h5-7,9-11,17H,3-4,8,12H2,1-2H3/t17-/m1/s1. The monoisotopic (exact) mass is 383 g/mol. The molecule has 3 heterocycles. The number of nitrogens with zero attached hydrogens (tertiary/aromatic N) is 3. The lowest BCUT2D eigenvalue weighted by Crippen LogP contribution is -2.30. The van der Waals surface area contributed by atoms with Crippen LogP contribution in [0.25, 0.3) is 0 Å². The molecule has 4 rings (SSSR count). The molecule has 1 aliphatic heterocycles. The molecule has 1 amide bonds. The molecule has 0 radical (unpaired) electrons. The molecular formula is C20H21N3O3S. The summed E-state index contributed by atoms with van der Waals surface area (Å²) in [6, 6.07) is 7.75. The van der Waals surface area contributed by atoms with Crippen molar-refractivity contribution >= 4 is 17.2 Å². The average molecular weight is 383 g/mol. The third-order valence-electron chi connectivity index (χ3n) is 4.74. The summed E-state index contributed by atoms with van der Waals surface area (Å²) in [6.45, 7) is 4.97. The minimum Gasteiger partial charge on any atom is -0.485 e. The van der Waals surface area contributed by atoms with Gasteiger partial charge < -0.3 is 14.2 Å². The Labute approximate surface area is 161 Å². The quantitative estimate of drug-likeness (QED) is 0.657. The van der Waals surface area contributed by atoms with Gasteiger partial charge in [-0.05, 0) is 43.9 Å². The van der Waals surface area contributed by atoms with Crippen molar-refractivity contribution in [3.05, 3.63) is 63.4 Å². The van der Waals surface area contributed by atoms with E-state index in [0.29, 0.717) is 18.0 Å². The SMILES string of the molecule is Cc1ccc(C)c(OCc2cc(C(=O)N3CCC[C@@H]3c3nccs3)no2)c1. The molecule has 1 fully saturated rings. The molecular weight excluding hydrogens is 362 g/mol. The number of likely N-dealkylation sites (tertiary alicyclic amines) is 1. The number of benzene rings is 1. The molecule has 27 heavy (non-hydrogen) atoms. The van der Waals surface area contributed by atoms with Crippen molar-refractivity contribution in [3.63, 3.8) is 0 Å². The third-order valence-corrected chi connectivity index (χ3v) is 5.62. The third kappa shape index (κ3) is 3.73. The lowest BCUT2D eigenvalue weighted by molar-refractivity contribution is 0.0724. The van der Waals surface area contributed by atoms with Gasteiger partial charge in [-0.15, -0.1) is 11.3 Å². The highest BCUT2D eigenvalue weighted by Gasteiger charge is 2.33. The van der Waals surface area contributed by atoms with E-state index in [1.165, 1.54) is 0 Å². The van der Waals surface area contributed by atoms with Gasteiger partial charge in [0.25, 0.3) is 5.91 Å². The van der Waals surface area contributed by atoms with E-state index >= 15 is 0 Å². The molecule has 0 aliphatic carbocycles. The summed E-state index contributed by atoms with van der Waals surface area (Å²) >= 11 is 1.58. The molecule has 0 N–H and O–H groups in total. The normalized spacial score (nSPS) is 16.7. The molecule has 1 aromatic carbocycles. The minimum atomic E-state index is -0.116. The second kappa shape index (κ2) is 7.52. The van der Waals surface area contributed by atoms with Crippen molar-refractivity contribution in [3.8, 4) is 5.75 Å². The number of hydrogen-bond donors (Lipinski definition) is 0. The molecule has 0 bridgehead atoms. The Morgan fingerprint density at radius 1 is 1.37 bits per heavy atom. The summed E-state index contributed by atoms with van der Waals surface area (Å²) in [5.41, 5.74) is 2.50. The van der Waals surface area contributed by atoms with Gasteiger partial charge in [0.1, 0.15) is 17.4 Å². The summed E-state index contributed by atoms with van der Waals surface area (Å²) in [7, 11) is 0. The van der Waals surface area contributed by atoms with Crippen molar-refractivity contribution in [2.75, 3.05) is 6.54 Å². The number of aryl methyl sites for hydroxylation is 2. The van der Waals surface area contributed by atoms with Crippen LogP contribution in [-0.4, -0.2) is 27.5 Å². The van der Waals surface area contributed by atoms with E-state index in [-0.39, 0.29) is 18.6 Å². The van der Waals surface area contributed by atoms with E-state index in [1.807, 2.05) is 42.3 Å². The molecule has 1 aliphatic rings. The van der Waals surface area contributed by atoms with E-state index < -0.39 is 0 Å². The maximum absolute atomic E-state index is 12.9. The number of amides is 1. The molecule has 1 atom stereocenters. The zero-order valence-electron chi connectivity index (χ0n) is 15.3. The number of aromatic nitrogens is 2. The van der Waals surface area contributed by atoms with Gasteiger partial charge in [-0.1, -0.05) is 17.3 Å². The zero-order chi connectivity index (χ0) is 18.8. The van der Waals surface area contributed by atoms with Crippen LogP contribution in [0.3, 0.4) is 0 Å². The lowest BCUT2D eigenvalue weighted by atomic mass is 10.1. The van der Waals surface area contributed by atoms with Crippen molar-refractivity contribution in [2.45, 2.75) is 39.3 Å². The Morgan fingerprint density at radius 3 is 3.07 bits per heavy atom. The molecule has 1 saturated heterocycles. The second-order valence-electron chi connectivity index (χ2n) is 6.76. The highest BCUT2D eigenvalue weighted by atomic mass is 32.1. The number of ether oxygens (including phenoxy) is 1. The first-order valence-electron chi connectivity index (χ1n) is 8.98. The highest BCUT2D eigenvalue weighted by molar-refractivity contribution is 7.09. The van der Waals surface area contributed by atoms with Crippen LogP contribution in [0.15, 0.2) is 40.4 Å². The number of carbonyl (C=O) groups is 1. The van der Waals surface area contributed by atoms with Crippen LogP contribution < -0.4 is 4.74 Å². The topological polar surface area (TPSA) is 68.5 Å². The van der Waals surface area contributed by atoms with Crippen molar-refractivity contribution in [2.24, 2.45) is 0 Å². The summed E-state index contributed by atoms with van der Waals surface area (Å²) in [5.74, 6) is 1.22. The average Bonchev–Trinajstić information content (AvgIpc) is 3.41. The predicted octanol–water partition coefficient (Wildman–Crippen LogP) is 4.30. The Kier molecular flexibility index (Phi) is 4.94. The van der Waals surface area contributed by atoms with Crippen LogP contribution in [-0.2, 0) is 6.61 Å². The van der Waals surface area contributed by atoms with E-state index in [4.69, 9.17) is 9.26 Å².